The van der Waals surface area contributed by atoms with Crippen molar-refractivity contribution in [3.05, 3.63) is 12.6 Å². The standard InChI is InChI=1S/2C2H5O2/c2*1-2(3)4/h2*3-4H,1H3/q2*-1. The van der Waals surface area contributed by atoms with E-state index in [4.69, 9.17) is 20.4 Å². The molecule has 52 valence electrons. The molecule has 0 amide bonds. The summed E-state index contributed by atoms with van der Waals surface area (Å²) in [5.74, 6) is 0. The lowest BCUT2D eigenvalue weighted by molar-refractivity contribution is 0.0929. The Kier molecular flexibility index (Phi) is 9.20. The van der Waals surface area contributed by atoms with Crippen LogP contribution in [0.3, 0.4) is 0 Å². The Morgan fingerprint density at radius 1 is 0.750 bits per heavy atom. The number of aliphatic hydroxyl groups excluding tert-OH is 2. The van der Waals surface area contributed by atoms with E-state index in [-0.39, 0.29) is 0 Å². The largest absolute Gasteiger partial charge is 0.536 e. The summed E-state index contributed by atoms with van der Waals surface area (Å²) in [6.45, 7) is 2.39. The van der Waals surface area contributed by atoms with Crippen LogP contribution in [-0.2, 0) is 0 Å². The smallest absolute Gasteiger partial charge is 0.0923 e. The van der Waals surface area contributed by atoms with Gasteiger partial charge < -0.3 is 20.4 Å². The molecule has 0 aromatic carbocycles. The minimum Gasteiger partial charge on any atom is -0.536 e. The predicted octanol–water partition coefficient (Wildman–Crippen LogP) is 0.482. The average Bonchev–Trinajstić information content (AvgIpc) is 1.25. The summed E-state index contributed by atoms with van der Waals surface area (Å²) in [5.41, 5.74) is 0. The molecule has 4 N–H and O–H groups in total. The van der Waals surface area contributed by atoms with Gasteiger partial charge in [0.1, 0.15) is 0 Å². The summed E-state index contributed by atoms with van der Waals surface area (Å²) in [6.07, 6.45) is -1.17. The van der Waals surface area contributed by atoms with Crippen molar-refractivity contribution in [1.29, 1.82) is 0 Å². The van der Waals surface area contributed by atoms with Crippen molar-refractivity contribution >= 4 is 0 Å². The maximum Gasteiger partial charge on any atom is -0.0923 e. The highest BCUT2D eigenvalue weighted by Crippen LogP contribution is 1.72. The van der Waals surface area contributed by atoms with Crippen LogP contribution in [0, 0.1) is 12.6 Å². The zero-order chi connectivity index (χ0) is 7.15. The fraction of sp³-hybridized carbons (Fsp3) is 0.500. The van der Waals surface area contributed by atoms with Gasteiger partial charge in [-0.1, -0.05) is 12.6 Å². The summed E-state index contributed by atoms with van der Waals surface area (Å²) >= 11 is 0. The van der Waals surface area contributed by atoms with Crippen LogP contribution < -0.4 is 0 Å². The van der Waals surface area contributed by atoms with Crippen LogP contribution in [0.2, 0.25) is 0 Å². The van der Waals surface area contributed by atoms with Gasteiger partial charge in [0.05, 0.1) is 0 Å². The highest BCUT2D eigenvalue weighted by Gasteiger charge is 1.50. The van der Waals surface area contributed by atoms with Gasteiger partial charge in [0, 0.05) is 0 Å². The normalized spacial score (nSPS) is 9.00. The van der Waals surface area contributed by atoms with E-state index in [2.05, 4.69) is 0 Å². The van der Waals surface area contributed by atoms with Crippen LogP contribution in [0.25, 0.3) is 0 Å². The van der Waals surface area contributed by atoms with Gasteiger partial charge in [-0.2, -0.15) is 0 Å². The maximum atomic E-state index is 7.53. The molecule has 4 heteroatoms. The van der Waals surface area contributed by atoms with Gasteiger partial charge in [-0.3, -0.25) is 0 Å². The molecule has 0 aromatic rings. The minimum atomic E-state index is -0.583. The van der Waals surface area contributed by atoms with Crippen LogP contribution in [-0.4, -0.2) is 20.4 Å². The van der Waals surface area contributed by atoms with E-state index in [1.54, 1.807) is 0 Å². The van der Waals surface area contributed by atoms with Gasteiger partial charge in [-0.25, -0.2) is 0 Å². The molecule has 8 heavy (non-hydrogen) atoms. The van der Waals surface area contributed by atoms with Gasteiger partial charge in [0.2, 0.25) is 0 Å². The molecule has 0 fully saturated rings. The molecule has 0 heterocycles. The molecule has 0 atom stereocenters. The summed E-state index contributed by atoms with van der Waals surface area (Å²) in [5, 5.41) is 30.1. The Bertz CT molecular complexity index is 23.5. The topological polar surface area (TPSA) is 80.9 Å². The number of aliphatic hydroxyl groups is 4. The summed E-state index contributed by atoms with van der Waals surface area (Å²) in [7, 11) is 0. The van der Waals surface area contributed by atoms with Crippen LogP contribution in [0.1, 0.15) is 13.8 Å². The lowest BCUT2D eigenvalue weighted by Crippen LogP contribution is -1.78. The van der Waals surface area contributed by atoms with E-state index in [0.29, 0.717) is 0 Å². The molecule has 0 aromatic heterocycles. The third-order valence-electron chi connectivity index (χ3n) is 0. The molecule has 0 rings (SSSR count). The minimum absolute atomic E-state index is 0.583. The van der Waals surface area contributed by atoms with Crippen molar-refractivity contribution in [3.8, 4) is 0 Å². The molecule has 0 saturated carbocycles. The van der Waals surface area contributed by atoms with E-state index in [0.717, 1.165) is 0 Å². The second kappa shape index (κ2) is 6.84. The van der Waals surface area contributed by atoms with Crippen LogP contribution >= 0.6 is 0 Å². The molecule has 0 aliphatic carbocycles. The highest BCUT2D eigenvalue weighted by molar-refractivity contribution is 4.35. The third kappa shape index (κ3) is 5340. The molecular weight excluding hydrogens is 112 g/mol. The SMILES string of the molecule is C[C-](O)O.C[C-](O)O. The molecule has 0 radical (unpaired) electrons. The van der Waals surface area contributed by atoms with E-state index in [1.165, 1.54) is 13.8 Å². The Balaban J connectivity index is 0. The van der Waals surface area contributed by atoms with Crippen LogP contribution in [0.5, 0.6) is 0 Å². The zero-order valence-corrected chi connectivity index (χ0v) is 4.79. The third-order valence-corrected chi connectivity index (χ3v) is 0. The van der Waals surface area contributed by atoms with Crippen molar-refractivity contribution in [2.45, 2.75) is 13.8 Å². The van der Waals surface area contributed by atoms with E-state index in [1.807, 2.05) is 0 Å². The van der Waals surface area contributed by atoms with Crippen LogP contribution in [0.4, 0.5) is 0 Å². The summed E-state index contributed by atoms with van der Waals surface area (Å²) in [4.78, 5) is 0. The molecule has 4 nitrogen and oxygen atoms in total. The predicted molar refractivity (Wildman–Crippen MR) is 25.6 cm³/mol. The first-order chi connectivity index (χ1) is 3.46. The number of rotatable bonds is 0. The molecule has 0 aliphatic heterocycles. The Morgan fingerprint density at radius 3 is 0.750 bits per heavy atom. The lowest BCUT2D eigenvalue weighted by Gasteiger charge is -2.00. The monoisotopic (exact) mass is 122 g/mol. The fourth-order valence-corrected chi connectivity index (χ4v) is 0. The molecule has 0 unspecified atom stereocenters. The van der Waals surface area contributed by atoms with Gasteiger partial charge in [-0.05, 0) is 0 Å². The summed E-state index contributed by atoms with van der Waals surface area (Å²) in [6, 6.07) is 0. The van der Waals surface area contributed by atoms with Gasteiger partial charge in [0.15, 0.2) is 0 Å². The Hall–Kier alpha value is -0.160. The van der Waals surface area contributed by atoms with Crippen molar-refractivity contribution in [2.24, 2.45) is 0 Å². The molecule has 0 spiro atoms. The highest BCUT2D eigenvalue weighted by atomic mass is 16.5. The molecule has 0 saturated heterocycles. The Labute approximate surface area is 48.0 Å². The lowest BCUT2D eigenvalue weighted by atomic mass is 10.8. The van der Waals surface area contributed by atoms with Gasteiger partial charge >= 0.3 is 0 Å². The fourth-order valence-electron chi connectivity index (χ4n) is 0. The van der Waals surface area contributed by atoms with Crippen molar-refractivity contribution in [2.75, 3.05) is 0 Å². The van der Waals surface area contributed by atoms with E-state index in [9.17, 15) is 0 Å². The first kappa shape index (κ1) is 10.8. The zero-order valence-electron chi connectivity index (χ0n) is 4.79. The summed E-state index contributed by atoms with van der Waals surface area (Å²) < 4.78 is 0. The van der Waals surface area contributed by atoms with Gasteiger partial charge in [-0.15, -0.1) is 13.8 Å². The van der Waals surface area contributed by atoms with Gasteiger partial charge in [0.25, 0.3) is 0 Å². The molecule has 0 aliphatic rings. The van der Waals surface area contributed by atoms with E-state index < -0.39 is 12.6 Å². The van der Waals surface area contributed by atoms with Crippen molar-refractivity contribution in [3.63, 3.8) is 0 Å². The van der Waals surface area contributed by atoms with Crippen LogP contribution in [0.15, 0.2) is 0 Å². The van der Waals surface area contributed by atoms with E-state index >= 15 is 0 Å². The van der Waals surface area contributed by atoms with Crippen molar-refractivity contribution in [1.82, 2.24) is 0 Å². The average molecular weight is 122 g/mol. The second-order valence-corrected chi connectivity index (χ2v) is 1.09. The van der Waals surface area contributed by atoms with Crippen molar-refractivity contribution < 1.29 is 20.4 Å². The second-order valence-electron chi connectivity index (χ2n) is 1.09. The quantitative estimate of drug-likeness (QED) is 0.352. The number of hydrogen-bond acceptors (Lipinski definition) is 4. The molecule has 0 bridgehead atoms. The maximum absolute atomic E-state index is 7.53. The first-order valence-electron chi connectivity index (χ1n) is 1.89. The number of hydrogen-bond donors (Lipinski definition) is 4. The Morgan fingerprint density at radius 2 is 0.750 bits per heavy atom. The first-order valence-corrected chi connectivity index (χ1v) is 1.89. The molecular formula is C4H10O4-2.